The Morgan fingerprint density at radius 3 is 2.00 bits per heavy atom. The fourth-order valence-electron chi connectivity index (χ4n) is 7.28. The predicted octanol–water partition coefficient (Wildman–Crippen LogP) is 5.20. The summed E-state index contributed by atoms with van der Waals surface area (Å²) >= 11 is 0. The lowest BCUT2D eigenvalue weighted by Crippen LogP contribution is -2.59. The van der Waals surface area contributed by atoms with Crippen molar-refractivity contribution in [3.8, 4) is 11.5 Å². The van der Waals surface area contributed by atoms with Crippen molar-refractivity contribution in [2.24, 2.45) is 17.3 Å². The Hall–Kier alpha value is -2.49. The molecule has 2 unspecified atom stereocenters. The topological polar surface area (TPSA) is 38.8 Å². The summed E-state index contributed by atoms with van der Waals surface area (Å²) in [5, 5.41) is 0. The highest BCUT2D eigenvalue weighted by Crippen LogP contribution is 2.66. The third kappa shape index (κ3) is 3.50. The minimum atomic E-state index is -0.203. The summed E-state index contributed by atoms with van der Waals surface area (Å²) < 4.78 is 10.6. The van der Waals surface area contributed by atoms with E-state index in [9.17, 15) is 4.79 Å². The smallest absolute Gasteiger partial charge is 0.228 e. The van der Waals surface area contributed by atoms with Gasteiger partial charge in [-0.3, -0.25) is 4.79 Å². The molecule has 164 valence electrons. The van der Waals surface area contributed by atoms with Gasteiger partial charge in [-0.15, -0.1) is 0 Å². The number of hydrogen-bond acceptors (Lipinski definition) is 3. The summed E-state index contributed by atoms with van der Waals surface area (Å²) in [6, 6.07) is 16.7. The van der Waals surface area contributed by atoms with Crippen LogP contribution >= 0.6 is 0 Å². The number of rotatable bonds is 6. The van der Waals surface area contributed by atoms with E-state index in [0.29, 0.717) is 24.3 Å². The van der Waals surface area contributed by atoms with E-state index in [0.717, 1.165) is 36.3 Å². The molecule has 0 saturated heterocycles. The fourth-order valence-corrected chi connectivity index (χ4v) is 7.28. The summed E-state index contributed by atoms with van der Waals surface area (Å²) in [6.07, 6.45) is 6.88. The lowest BCUT2D eigenvalue weighted by atomic mass is 9.42. The van der Waals surface area contributed by atoms with Crippen LogP contribution in [0.2, 0.25) is 0 Å². The average Bonchev–Trinajstić information content (AvgIpc) is 2.78. The van der Waals surface area contributed by atoms with Gasteiger partial charge in [-0.25, -0.2) is 0 Å². The monoisotopic (exact) mass is 419 g/mol. The largest absolute Gasteiger partial charge is 0.497 e. The van der Waals surface area contributed by atoms with Gasteiger partial charge in [0.2, 0.25) is 5.91 Å². The van der Waals surface area contributed by atoms with Gasteiger partial charge in [0.1, 0.15) is 11.5 Å². The van der Waals surface area contributed by atoms with Gasteiger partial charge in [-0.2, -0.15) is 0 Å². The molecule has 6 rings (SSSR count). The predicted molar refractivity (Wildman–Crippen MR) is 121 cm³/mol. The molecule has 4 saturated carbocycles. The fraction of sp³-hybridized carbons (Fsp3) is 0.519. The van der Waals surface area contributed by atoms with Crippen LogP contribution in [0, 0.1) is 17.3 Å². The second kappa shape index (κ2) is 7.58. The van der Waals surface area contributed by atoms with Crippen molar-refractivity contribution in [2.75, 3.05) is 21.3 Å². The number of amides is 1. The van der Waals surface area contributed by atoms with E-state index in [1.54, 1.807) is 14.2 Å². The van der Waals surface area contributed by atoms with E-state index in [4.69, 9.17) is 9.47 Å². The Morgan fingerprint density at radius 1 is 0.903 bits per heavy atom. The first kappa shape index (κ1) is 20.4. The summed E-state index contributed by atoms with van der Waals surface area (Å²) in [5.74, 6) is 3.43. The molecule has 4 aliphatic carbocycles. The molecule has 0 heterocycles. The van der Waals surface area contributed by atoms with E-state index in [-0.39, 0.29) is 10.8 Å². The van der Waals surface area contributed by atoms with Gasteiger partial charge in [-0.1, -0.05) is 24.3 Å². The number of nitrogens with zero attached hydrogens (tertiary/aromatic N) is 1. The van der Waals surface area contributed by atoms with Crippen LogP contribution in [-0.4, -0.2) is 32.1 Å². The minimum Gasteiger partial charge on any atom is -0.497 e. The zero-order valence-corrected chi connectivity index (χ0v) is 18.9. The Labute approximate surface area is 185 Å². The van der Waals surface area contributed by atoms with Crippen molar-refractivity contribution in [3.63, 3.8) is 0 Å². The number of carbonyl (C=O) groups is 1. The van der Waals surface area contributed by atoms with E-state index in [2.05, 4.69) is 36.4 Å². The normalized spacial score (nSPS) is 30.8. The Balaban J connectivity index is 1.39. The Bertz CT molecular complexity index is 935. The van der Waals surface area contributed by atoms with Gasteiger partial charge in [0.15, 0.2) is 0 Å². The molecular weight excluding hydrogens is 386 g/mol. The van der Waals surface area contributed by atoms with Gasteiger partial charge in [0.05, 0.1) is 19.6 Å². The van der Waals surface area contributed by atoms with Gasteiger partial charge in [0.25, 0.3) is 0 Å². The molecule has 4 bridgehead atoms. The summed E-state index contributed by atoms with van der Waals surface area (Å²) in [5.41, 5.74) is 2.49. The quantitative estimate of drug-likeness (QED) is 0.646. The van der Waals surface area contributed by atoms with Crippen molar-refractivity contribution in [3.05, 3.63) is 59.7 Å². The molecule has 4 aliphatic rings. The summed E-state index contributed by atoms with van der Waals surface area (Å²) in [4.78, 5) is 15.8. The molecule has 2 aromatic rings. The van der Waals surface area contributed by atoms with Crippen molar-refractivity contribution in [1.29, 1.82) is 0 Å². The third-order valence-electron chi connectivity index (χ3n) is 8.14. The maximum Gasteiger partial charge on any atom is 0.228 e. The maximum absolute atomic E-state index is 13.9. The number of ether oxygens (including phenoxy) is 2. The number of benzene rings is 2. The maximum atomic E-state index is 13.9. The highest BCUT2D eigenvalue weighted by molar-refractivity contribution is 5.83. The zero-order chi connectivity index (χ0) is 21.6. The molecule has 0 spiro atoms. The van der Waals surface area contributed by atoms with Crippen LogP contribution in [0.4, 0.5) is 0 Å². The van der Waals surface area contributed by atoms with E-state index < -0.39 is 0 Å². The molecule has 2 atom stereocenters. The molecule has 1 amide bonds. The standard InChI is InChI=1S/C27H33NO3/c1-28(17-19-4-8-23(30-2)9-5-19)25(29)27-15-20-12-21(16-27)14-26(13-20,18-27)22-6-10-24(31-3)11-7-22/h4-11,20-21H,12-18H2,1-3H3. The van der Waals surface area contributed by atoms with E-state index in [1.165, 1.54) is 24.8 Å². The summed E-state index contributed by atoms with van der Waals surface area (Å²) in [7, 11) is 5.37. The van der Waals surface area contributed by atoms with Crippen molar-refractivity contribution >= 4 is 5.91 Å². The molecule has 0 aromatic heterocycles. The number of hydrogen-bond donors (Lipinski definition) is 0. The van der Waals surface area contributed by atoms with Crippen LogP contribution in [0.5, 0.6) is 11.5 Å². The highest BCUT2D eigenvalue weighted by Gasteiger charge is 2.61. The van der Waals surface area contributed by atoms with Crippen LogP contribution in [-0.2, 0) is 16.8 Å². The molecule has 4 heteroatoms. The molecule has 4 nitrogen and oxygen atoms in total. The summed E-state index contributed by atoms with van der Waals surface area (Å²) in [6.45, 7) is 0.648. The van der Waals surface area contributed by atoms with Crippen LogP contribution in [0.15, 0.2) is 48.5 Å². The Kier molecular flexibility index (Phi) is 4.99. The van der Waals surface area contributed by atoms with E-state index in [1.807, 2.05) is 24.1 Å². The van der Waals surface area contributed by atoms with Crippen molar-refractivity contribution < 1.29 is 14.3 Å². The molecule has 0 radical (unpaired) electrons. The van der Waals surface area contributed by atoms with Gasteiger partial charge in [0, 0.05) is 13.6 Å². The van der Waals surface area contributed by atoms with Gasteiger partial charge >= 0.3 is 0 Å². The molecule has 4 fully saturated rings. The molecule has 31 heavy (non-hydrogen) atoms. The van der Waals surface area contributed by atoms with Crippen LogP contribution in [0.1, 0.15) is 49.7 Å². The lowest BCUT2D eigenvalue weighted by Gasteiger charge is -2.62. The molecule has 0 N–H and O–H groups in total. The SMILES string of the molecule is COc1ccc(CN(C)C(=O)C23CC4CC(C2)CC(c2ccc(OC)cc2)(C4)C3)cc1. The first-order valence-corrected chi connectivity index (χ1v) is 11.5. The van der Waals surface area contributed by atoms with E-state index >= 15 is 0 Å². The van der Waals surface area contributed by atoms with Gasteiger partial charge < -0.3 is 14.4 Å². The number of carbonyl (C=O) groups excluding carboxylic acids is 1. The van der Waals surface area contributed by atoms with Crippen LogP contribution in [0.3, 0.4) is 0 Å². The molecule has 0 aliphatic heterocycles. The first-order valence-electron chi connectivity index (χ1n) is 11.5. The van der Waals surface area contributed by atoms with Gasteiger partial charge in [-0.05, 0) is 91.2 Å². The zero-order valence-electron chi connectivity index (χ0n) is 18.9. The Morgan fingerprint density at radius 2 is 1.45 bits per heavy atom. The minimum absolute atomic E-state index is 0.146. The third-order valence-corrected chi connectivity index (χ3v) is 8.14. The second-order valence-electron chi connectivity index (χ2n) is 10.3. The molecular formula is C27H33NO3. The average molecular weight is 420 g/mol. The first-order chi connectivity index (χ1) is 14.9. The van der Waals surface area contributed by atoms with Crippen molar-refractivity contribution in [2.45, 2.75) is 50.5 Å². The van der Waals surface area contributed by atoms with Crippen molar-refractivity contribution in [1.82, 2.24) is 4.90 Å². The number of methoxy groups -OCH3 is 2. The highest BCUT2D eigenvalue weighted by atomic mass is 16.5. The lowest BCUT2D eigenvalue weighted by molar-refractivity contribution is -0.159. The molecule has 2 aromatic carbocycles. The van der Waals surface area contributed by atoms with Crippen LogP contribution in [0.25, 0.3) is 0 Å². The second-order valence-corrected chi connectivity index (χ2v) is 10.3. The van der Waals surface area contributed by atoms with Crippen LogP contribution < -0.4 is 9.47 Å².